The number of ether oxygens (including phenoxy) is 3. The summed E-state index contributed by atoms with van der Waals surface area (Å²) >= 11 is 0. The van der Waals surface area contributed by atoms with Crippen molar-refractivity contribution in [1.82, 2.24) is 0 Å². The van der Waals surface area contributed by atoms with E-state index < -0.39 is 11.9 Å². The van der Waals surface area contributed by atoms with Crippen LogP contribution in [0.5, 0.6) is 17.2 Å². The van der Waals surface area contributed by atoms with Crippen LogP contribution in [0.25, 0.3) is 16.1 Å². The van der Waals surface area contributed by atoms with Gasteiger partial charge in [-0.25, -0.2) is 4.79 Å². The molecule has 0 unspecified atom stereocenters. The second-order valence-corrected chi connectivity index (χ2v) is 5.33. The van der Waals surface area contributed by atoms with Crippen LogP contribution in [0.3, 0.4) is 0 Å². The van der Waals surface area contributed by atoms with Crippen molar-refractivity contribution in [2.45, 2.75) is 20.8 Å². The molecule has 0 bridgehead atoms. The number of hydrogen-bond acceptors (Lipinski definition) is 7. The van der Waals surface area contributed by atoms with Gasteiger partial charge in [-0.2, -0.15) is 0 Å². The van der Waals surface area contributed by atoms with E-state index in [-0.39, 0.29) is 0 Å². The number of rotatable bonds is 7. The molecule has 0 aromatic heterocycles. The standard InChI is InChI=1S/C18H21N2O3.C2H2O4/c1-4-21-16-12-18(23-6-3)17(22-5-2)11-15(16)13-7-9-14(20-19)10-8-13;3-1(4)2(5)6/h7-12H,4-6H2,1-3H3;(H,3,4)(H,5,6)/q+1;/p-1. The van der Waals surface area contributed by atoms with Crippen LogP contribution in [-0.2, 0) is 9.59 Å². The monoisotopic (exact) mass is 402 g/mol. The predicted molar refractivity (Wildman–Crippen MR) is 103 cm³/mol. The van der Waals surface area contributed by atoms with Crippen molar-refractivity contribution in [3.05, 3.63) is 41.4 Å². The second-order valence-electron chi connectivity index (χ2n) is 5.33. The molecular formula is C20H22N2O7. The third-order valence-electron chi connectivity index (χ3n) is 3.41. The normalized spacial score (nSPS) is 9.45. The van der Waals surface area contributed by atoms with Crippen molar-refractivity contribution in [3.8, 4) is 28.4 Å². The highest BCUT2D eigenvalue weighted by atomic mass is 16.5. The van der Waals surface area contributed by atoms with Gasteiger partial charge < -0.3 is 29.2 Å². The van der Waals surface area contributed by atoms with E-state index in [1.54, 1.807) is 12.1 Å². The highest BCUT2D eigenvalue weighted by molar-refractivity contribution is 6.26. The van der Waals surface area contributed by atoms with Gasteiger partial charge in [0, 0.05) is 23.8 Å². The smallest absolute Gasteiger partial charge is 0.385 e. The molecule has 1 N–H and O–H groups in total. The Kier molecular flexibility index (Phi) is 9.47. The third kappa shape index (κ3) is 7.03. The fraction of sp³-hybridized carbons (Fsp3) is 0.300. The summed E-state index contributed by atoms with van der Waals surface area (Å²) in [7, 11) is 0. The Bertz CT molecular complexity index is 862. The Morgan fingerprint density at radius 1 is 0.931 bits per heavy atom. The van der Waals surface area contributed by atoms with Gasteiger partial charge in [-0.05, 0) is 44.5 Å². The SMILES string of the molecule is CCOc1cc(OCC)c(-c2ccc([N+]#N)cc2)cc1OCC.O=C([O-])C(=O)O. The molecule has 0 amide bonds. The number of aliphatic carboxylic acids is 2. The van der Waals surface area contributed by atoms with E-state index >= 15 is 0 Å². The molecule has 0 fully saturated rings. The summed E-state index contributed by atoms with van der Waals surface area (Å²) in [5.74, 6) is -1.93. The molecule has 0 saturated heterocycles. The van der Waals surface area contributed by atoms with Crippen molar-refractivity contribution in [2.24, 2.45) is 0 Å². The van der Waals surface area contributed by atoms with Gasteiger partial charge in [0.25, 0.3) is 0 Å². The highest BCUT2D eigenvalue weighted by Gasteiger charge is 2.15. The van der Waals surface area contributed by atoms with Crippen LogP contribution in [0.15, 0.2) is 36.4 Å². The minimum Gasteiger partial charge on any atom is -0.539 e. The summed E-state index contributed by atoms with van der Waals surface area (Å²) in [6.07, 6.45) is 0. The minimum atomic E-state index is -2.07. The molecule has 2 aromatic rings. The topological polar surface area (TPSA) is 133 Å². The van der Waals surface area contributed by atoms with Crippen molar-refractivity contribution in [3.63, 3.8) is 0 Å². The number of benzene rings is 2. The van der Waals surface area contributed by atoms with Gasteiger partial charge in [0.1, 0.15) is 5.75 Å². The maximum absolute atomic E-state index is 9.04. The first kappa shape index (κ1) is 23.2. The molecule has 154 valence electrons. The molecule has 0 saturated carbocycles. The number of carbonyl (C=O) groups excluding carboxylic acids is 1. The van der Waals surface area contributed by atoms with E-state index in [2.05, 4.69) is 4.98 Å². The Hall–Kier alpha value is -3.80. The van der Waals surface area contributed by atoms with Gasteiger partial charge in [0.2, 0.25) is 5.39 Å². The van der Waals surface area contributed by atoms with Crippen LogP contribution in [0.2, 0.25) is 0 Å². The lowest BCUT2D eigenvalue weighted by Gasteiger charge is -2.16. The summed E-state index contributed by atoms with van der Waals surface area (Å²) in [4.78, 5) is 21.2. The fourth-order valence-corrected chi connectivity index (χ4v) is 2.29. The highest BCUT2D eigenvalue weighted by Crippen LogP contribution is 2.41. The van der Waals surface area contributed by atoms with Gasteiger partial charge in [0.15, 0.2) is 22.4 Å². The van der Waals surface area contributed by atoms with Crippen LogP contribution in [0.4, 0.5) is 5.69 Å². The average molecular weight is 402 g/mol. The van der Waals surface area contributed by atoms with Crippen molar-refractivity contribution in [1.29, 1.82) is 5.39 Å². The van der Waals surface area contributed by atoms with Crippen molar-refractivity contribution >= 4 is 17.6 Å². The average Bonchev–Trinajstić information content (AvgIpc) is 2.71. The van der Waals surface area contributed by atoms with E-state index in [9.17, 15) is 0 Å². The molecule has 0 atom stereocenters. The first-order chi connectivity index (χ1) is 13.9. The summed E-state index contributed by atoms with van der Waals surface area (Å²) < 4.78 is 17.1. The molecule has 0 aliphatic heterocycles. The zero-order valence-corrected chi connectivity index (χ0v) is 16.4. The molecule has 9 heteroatoms. The minimum absolute atomic E-state index is 0.502. The van der Waals surface area contributed by atoms with Gasteiger partial charge in [0.05, 0.1) is 19.8 Å². The number of nitrogens with zero attached hydrogens (tertiary/aromatic N) is 2. The lowest BCUT2D eigenvalue weighted by Crippen LogP contribution is -2.30. The Morgan fingerprint density at radius 3 is 1.79 bits per heavy atom. The maximum atomic E-state index is 9.04. The number of carboxylic acid groups (broad SMARTS) is 2. The fourth-order valence-electron chi connectivity index (χ4n) is 2.29. The second kappa shape index (κ2) is 11.8. The molecule has 0 spiro atoms. The number of carboxylic acids is 2. The summed E-state index contributed by atoms with van der Waals surface area (Å²) in [6.45, 7) is 7.46. The molecule has 2 aromatic carbocycles. The zero-order valence-electron chi connectivity index (χ0n) is 16.4. The third-order valence-corrected chi connectivity index (χ3v) is 3.41. The largest absolute Gasteiger partial charge is 0.539 e. The quantitative estimate of drug-likeness (QED) is 0.552. The first-order valence-electron chi connectivity index (χ1n) is 8.84. The van der Waals surface area contributed by atoms with Crippen LogP contribution in [0.1, 0.15) is 20.8 Å². The van der Waals surface area contributed by atoms with Crippen molar-refractivity contribution < 1.29 is 34.0 Å². The number of carbonyl (C=O) groups is 2. The van der Waals surface area contributed by atoms with Crippen molar-refractivity contribution in [2.75, 3.05) is 19.8 Å². The molecule has 9 nitrogen and oxygen atoms in total. The molecule has 0 aliphatic carbocycles. The molecule has 0 aliphatic rings. The summed E-state index contributed by atoms with van der Waals surface area (Å²) in [5.41, 5.74) is 2.36. The van der Waals surface area contributed by atoms with Crippen LogP contribution in [0, 0.1) is 5.39 Å². The molecule has 29 heavy (non-hydrogen) atoms. The van der Waals surface area contributed by atoms with Crippen LogP contribution in [-0.4, -0.2) is 36.9 Å². The Labute approximate surface area is 168 Å². The Balaban J connectivity index is 0.000000612. The molecular weight excluding hydrogens is 380 g/mol. The first-order valence-corrected chi connectivity index (χ1v) is 8.84. The van der Waals surface area contributed by atoms with Gasteiger partial charge >= 0.3 is 11.7 Å². The molecule has 2 rings (SSSR count). The van der Waals surface area contributed by atoms with E-state index in [1.807, 2.05) is 45.0 Å². The van der Waals surface area contributed by atoms with Gasteiger partial charge in [-0.15, -0.1) is 0 Å². The van der Waals surface area contributed by atoms with E-state index in [1.165, 1.54) is 0 Å². The zero-order chi connectivity index (χ0) is 21.8. The van der Waals surface area contributed by atoms with E-state index in [4.69, 9.17) is 39.4 Å². The predicted octanol–water partition coefficient (Wildman–Crippen LogP) is 2.86. The maximum Gasteiger partial charge on any atom is 0.385 e. The lowest BCUT2D eigenvalue weighted by molar-refractivity contribution is -0.303. The molecule has 0 heterocycles. The van der Waals surface area contributed by atoms with E-state index in [0.29, 0.717) is 37.0 Å². The lowest BCUT2D eigenvalue weighted by atomic mass is 10.0. The van der Waals surface area contributed by atoms with Crippen LogP contribution >= 0.6 is 0 Å². The number of diazo groups is 1. The Morgan fingerprint density at radius 2 is 1.38 bits per heavy atom. The summed E-state index contributed by atoms with van der Waals surface area (Å²) in [6, 6.07) is 11.0. The number of hydrogen-bond donors (Lipinski definition) is 1. The van der Waals surface area contributed by atoms with Gasteiger partial charge in [-0.1, -0.05) is 0 Å². The molecule has 0 radical (unpaired) electrons. The summed E-state index contributed by atoms with van der Waals surface area (Å²) in [5, 5.41) is 25.1. The van der Waals surface area contributed by atoms with Gasteiger partial charge in [-0.3, -0.25) is 0 Å². The van der Waals surface area contributed by atoms with Crippen LogP contribution < -0.4 is 19.3 Å². The van der Waals surface area contributed by atoms with E-state index in [0.717, 1.165) is 16.9 Å².